The van der Waals surface area contributed by atoms with Crippen molar-refractivity contribution in [3.63, 3.8) is 0 Å². The van der Waals surface area contributed by atoms with Crippen molar-refractivity contribution < 1.29 is 5.11 Å². The summed E-state index contributed by atoms with van der Waals surface area (Å²) in [5, 5.41) is 18.9. The number of aliphatic hydroxyl groups excluding tert-OH is 1. The Morgan fingerprint density at radius 2 is 2.00 bits per heavy atom. The molecule has 0 amide bonds. The largest absolute Gasteiger partial charge is 0.394 e. The van der Waals surface area contributed by atoms with E-state index in [0.29, 0.717) is 12.5 Å². The van der Waals surface area contributed by atoms with Gasteiger partial charge in [-0.2, -0.15) is 10.2 Å². The summed E-state index contributed by atoms with van der Waals surface area (Å²) in [7, 11) is 1.91. The summed E-state index contributed by atoms with van der Waals surface area (Å²) in [6, 6.07) is 2.07. The topological polar surface area (TPSA) is 84.9 Å². The average molecular weight is 341 g/mol. The van der Waals surface area contributed by atoms with Crippen LogP contribution in [0.1, 0.15) is 30.3 Å². The van der Waals surface area contributed by atoms with Gasteiger partial charge in [-0.15, -0.1) is 0 Å². The fraction of sp³-hybridized carbons (Fsp3) is 0.529. The van der Waals surface area contributed by atoms with Gasteiger partial charge in [0, 0.05) is 37.9 Å². The Morgan fingerprint density at radius 3 is 2.76 bits per heavy atom. The van der Waals surface area contributed by atoms with Crippen LogP contribution < -0.4 is 4.90 Å². The molecule has 8 heteroatoms. The number of aryl methyl sites for hydroxylation is 2. The second-order valence-corrected chi connectivity index (χ2v) is 6.56. The second-order valence-electron chi connectivity index (χ2n) is 6.56. The summed E-state index contributed by atoms with van der Waals surface area (Å²) in [5.41, 5.74) is 2.10. The lowest BCUT2D eigenvalue weighted by Crippen LogP contribution is -2.34. The number of hydrogen-bond donors (Lipinski definition) is 1. The van der Waals surface area contributed by atoms with Crippen LogP contribution in [0.4, 0.5) is 5.82 Å². The minimum absolute atomic E-state index is 0.118. The van der Waals surface area contributed by atoms with E-state index in [0.717, 1.165) is 48.6 Å². The van der Waals surface area contributed by atoms with E-state index in [1.54, 1.807) is 4.68 Å². The second kappa shape index (κ2) is 6.44. The lowest BCUT2D eigenvalue weighted by Gasteiger charge is -2.33. The molecule has 8 nitrogen and oxygen atoms in total. The molecule has 0 atom stereocenters. The molecule has 0 aromatic carbocycles. The van der Waals surface area contributed by atoms with Gasteiger partial charge < -0.3 is 10.0 Å². The molecule has 0 aliphatic carbocycles. The van der Waals surface area contributed by atoms with E-state index in [1.165, 1.54) is 5.69 Å². The van der Waals surface area contributed by atoms with E-state index in [2.05, 4.69) is 31.1 Å². The monoisotopic (exact) mass is 341 g/mol. The maximum absolute atomic E-state index is 9.19. The van der Waals surface area contributed by atoms with Crippen LogP contribution in [-0.4, -0.2) is 54.3 Å². The maximum atomic E-state index is 9.19. The van der Waals surface area contributed by atoms with Crippen molar-refractivity contribution in [2.24, 2.45) is 7.05 Å². The van der Waals surface area contributed by atoms with Gasteiger partial charge in [0.05, 0.1) is 24.7 Å². The van der Waals surface area contributed by atoms with Gasteiger partial charge in [0.2, 0.25) is 0 Å². The summed E-state index contributed by atoms with van der Waals surface area (Å²) in [4.78, 5) is 11.5. The van der Waals surface area contributed by atoms with Crippen LogP contribution in [-0.2, 0) is 13.6 Å². The van der Waals surface area contributed by atoms with Gasteiger partial charge >= 0.3 is 0 Å². The van der Waals surface area contributed by atoms with E-state index < -0.39 is 0 Å². The van der Waals surface area contributed by atoms with Crippen LogP contribution in [0, 0.1) is 6.92 Å². The molecule has 0 saturated carbocycles. The van der Waals surface area contributed by atoms with Crippen molar-refractivity contribution in [2.45, 2.75) is 32.2 Å². The molecular weight excluding hydrogens is 318 g/mol. The van der Waals surface area contributed by atoms with Crippen molar-refractivity contribution in [3.05, 3.63) is 30.0 Å². The molecule has 4 heterocycles. The zero-order valence-electron chi connectivity index (χ0n) is 14.6. The van der Waals surface area contributed by atoms with Crippen LogP contribution in [0.2, 0.25) is 0 Å². The Balaban J connectivity index is 1.55. The number of piperidine rings is 1. The summed E-state index contributed by atoms with van der Waals surface area (Å²) in [5.74, 6) is 2.23. The molecule has 3 aromatic rings. The highest BCUT2D eigenvalue weighted by molar-refractivity contribution is 5.87. The number of nitrogens with zero attached hydrogens (tertiary/aromatic N) is 7. The number of aliphatic hydroxyl groups is 1. The summed E-state index contributed by atoms with van der Waals surface area (Å²) < 4.78 is 3.72. The highest BCUT2D eigenvalue weighted by atomic mass is 16.3. The zero-order valence-corrected chi connectivity index (χ0v) is 14.6. The van der Waals surface area contributed by atoms with Crippen LogP contribution in [0.3, 0.4) is 0 Å². The maximum Gasteiger partial charge on any atom is 0.163 e. The Bertz CT molecular complexity index is 876. The third kappa shape index (κ3) is 2.86. The van der Waals surface area contributed by atoms with E-state index in [1.807, 2.05) is 31.0 Å². The quantitative estimate of drug-likeness (QED) is 0.769. The fourth-order valence-electron chi connectivity index (χ4n) is 3.71. The Morgan fingerprint density at radius 1 is 1.20 bits per heavy atom. The molecule has 1 fully saturated rings. The first kappa shape index (κ1) is 16.0. The molecular formula is C17H23N7O. The molecule has 0 bridgehead atoms. The summed E-state index contributed by atoms with van der Waals surface area (Å²) in [6.45, 7) is 4.48. The van der Waals surface area contributed by atoms with Crippen LogP contribution in [0.15, 0.2) is 18.5 Å². The minimum Gasteiger partial charge on any atom is -0.394 e. The third-order valence-corrected chi connectivity index (χ3v) is 4.96. The molecule has 4 rings (SSSR count). The number of rotatable bonds is 4. The van der Waals surface area contributed by atoms with Gasteiger partial charge in [0.1, 0.15) is 11.6 Å². The van der Waals surface area contributed by atoms with Crippen molar-refractivity contribution in [2.75, 3.05) is 24.6 Å². The molecule has 0 unspecified atom stereocenters. The van der Waals surface area contributed by atoms with Crippen LogP contribution in [0.25, 0.3) is 11.0 Å². The molecule has 1 N–H and O–H groups in total. The highest BCUT2D eigenvalue weighted by Crippen LogP contribution is 2.32. The minimum atomic E-state index is 0.118. The van der Waals surface area contributed by atoms with Gasteiger partial charge in [-0.1, -0.05) is 0 Å². The first-order valence-corrected chi connectivity index (χ1v) is 8.71. The smallest absolute Gasteiger partial charge is 0.163 e. The standard InChI is InChI=1S/C17H23N7O/c1-12-20-16-14(11-19-22(16)2)17(21-12)23-7-4-13(5-8-23)15-3-6-18-24(15)9-10-25/h3,6,11,13,25H,4-5,7-10H2,1-2H3. The van der Waals surface area contributed by atoms with Crippen molar-refractivity contribution in [1.82, 2.24) is 29.5 Å². The lowest BCUT2D eigenvalue weighted by atomic mass is 9.93. The van der Waals surface area contributed by atoms with Crippen LogP contribution in [0.5, 0.6) is 0 Å². The zero-order chi connectivity index (χ0) is 17.4. The van der Waals surface area contributed by atoms with Crippen molar-refractivity contribution in [3.8, 4) is 0 Å². The molecule has 1 saturated heterocycles. The number of hydrogen-bond acceptors (Lipinski definition) is 6. The molecule has 25 heavy (non-hydrogen) atoms. The lowest BCUT2D eigenvalue weighted by molar-refractivity contribution is 0.265. The molecule has 1 aliphatic rings. The van der Waals surface area contributed by atoms with Gasteiger partial charge in [-0.05, 0) is 25.8 Å². The van der Waals surface area contributed by atoms with Gasteiger partial charge in [-0.3, -0.25) is 9.36 Å². The number of fused-ring (bicyclic) bond motifs is 1. The summed E-state index contributed by atoms with van der Waals surface area (Å²) in [6.07, 6.45) is 5.76. The van der Waals surface area contributed by atoms with Gasteiger partial charge in [-0.25, -0.2) is 9.97 Å². The first-order chi connectivity index (χ1) is 12.2. The normalized spacial score (nSPS) is 16.0. The van der Waals surface area contributed by atoms with Gasteiger partial charge in [0.25, 0.3) is 0 Å². The predicted molar refractivity (Wildman–Crippen MR) is 94.5 cm³/mol. The summed E-state index contributed by atoms with van der Waals surface area (Å²) >= 11 is 0. The van der Waals surface area contributed by atoms with E-state index in [9.17, 15) is 5.11 Å². The molecule has 0 spiro atoms. The third-order valence-electron chi connectivity index (χ3n) is 4.96. The van der Waals surface area contributed by atoms with Crippen molar-refractivity contribution in [1.29, 1.82) is 0 Å². The molecule has 132 valence electrons. The number of anilines is 1. The van der Waals surface area contributed by atoms with E-state index in [-0.39, 0.29) is 6.61 Å². The SMILES string of the molecule is Cc1nc(N2CCC(c3ccnn3CCO)CC2)c2cnn(C)c2n1. The Hall–Kier alpha value is -2.48. The first-order valence-electron chi connectivity index (χ1n) is 8.71. The highest BCUT2D eigenvalue weighted by Gasteiger charge is 2.25. The predicted octanol–water partition coefficient (Wildman–Crippen LogP) is 1.24. The number of aromatic nitrogens is 6. The van der Waals surface area contributed by atoms with E-state index >= 15 is 0 Å². The Kier molecular flexibility index (Phi) is 4.12. The average Bonchev–Trinajstić information content (AvgIpc) is 3.22. The van der Waals surface area contributed by atoms with Crippen molar-refractivity contribution >= 4 is 16.9 Å². The van der Waals surface area contributed by atoms with Crippen LogP contribution >= 0.6 is 0 Å². The Labute approximate surface area is 146 Å². The molecule has 1 aliphatic heterocycles. The molecule has 3 aromatic heterocycles. The van der Waals surface area contributed by atoms with Gasteiger partial charge in [0.15, 0.2) is 5.65 Å². The molecule has 0 radical (unpaired) electrons. The van der Waals surface area contributed by atoms with E-state index in [4.69, 9.17) is 0 Å². The fourth-order valence-corrected chi connectivity index (χ4v) is 3.71.